The van der Waals surface area contributed by atoms with Gasteiger partial charge in [-0.2, -0.15) is 0 Å². The predicted octanol–water partition coefficient (Wildman–Crippen LogP) is 1.92. The van der Waals surface area contributed by atoms with Crippen molar-refractivity contribution in [2.75, 3.05) is 6.54 Å². The molecule has 1 N–H and O–H groups in total. The van der Waals surface area contributed by atoms with Gasteiger partial charge < -0.3 is 5.32 Å². The van der Waals surface area contributed by atoms with E-state index in [9.17, 15) is 4.79 Å². The number of nitrogens with one attached hydrogen (secondary N) is 1. The molecule has 2 aliphatic rings. The van der Waals surface area contributed by atoms with E-state index in [1.54, 1.807) is 0 Å². The highest BCUT2D eigenvalue weighted by Crippen LogP contribution is 2.36. The van der Waals surface area contributed by atoms with Gasteiger partial charge in [-0.15, -0.1) is 12.4 Å². The van der Waals surface area contributed by atoms with E-state index in [1.165, 1.54) is 25.7 Å². The molecule has 0 radical (unpaired) electrons. The van der Waals surface area contributed by atoms with E-state index in [0.29, 0.717) is 11.7 Å². The number of carbonyl (C=O) groups is 1. The minimum atomic E-state index is -0.156. The predicted molar refractivity (Wildman–Crippen MR) is 55.2 cm³/mol. The molecule has 0 aromatic heterocycles. The number of rotatable bonds is 1. The van der Waals surface area contributed by atoms with Gasteiger partial charge in [0.15, 0.2) is 5.78 Å². The normalized spacial score (nSPS) is 35.0. The van der Waals surface area contributed by atoms with Crippen molar-refractivity contribution in [3.8, 4) is 0 Å². The summed E-state index contributed by atoms with van der Waals surface area (Å²) in [7, 11) is 0. The standard InChI is InChI=1S/C10H17NO.ClH/c1-10(8-4-2-3-5-8)9(12)6-7-11-10;/h8,11H,2-7H2,1H3;1H. The Labute approximate surface area is 85.9 Å². The van der Waals surface area contributed by atoms with Crippen molar-refractivity contribution in [2.45, 2.75) is 44.6 Å². The van der Waals surface area contributed by atoms with Gasteiger partial charge in [-0.05, 0) is 25.7 Å². The highest BCUT2D eigenvalue weighted by Gasteiger charge is 2.44. The van der Waals surface area contributed by atoms with E-state index in [-0.39, 0.29) is 17.9 Å². The molecular formula is C10H18ClNO. The van der Waals surface area contributed by atoms with Gasteiger partial charge in [0.05, 0.1) is 5.54 Å². The maximum atomic E-state index is 11.6. The number of carbonyl (C=O) groups excluding carboxylic acids is 1. The molecule has 0 aromatic rings. The molecule has 1 heterocycles. The molecule has 0 aromatic carbocycles. The fourth-order valence-corrected chi connectivity index (χ4v) is 2.67. The number of Topliss-reactive ketones (excluding diaryl/α,β-unsaturated/α-hetero) is 1. The molecular weight excluding hydrogens is 186 g/mol. The van der Waals surface area contributed by atoms with Crippen LogP contribution in [0.1, 0.15) is 39.0 Å². The first kappa shape index (κ1) is 11.0. The maximum absolute atomic E-state index is 11.6. The molecule has 0 bridgehead atoms. The van der Waals surface area contributed by atoms with Crippen LogP contribution in [0, 0.1) is 5.92 Å². The van der Waals surface area contributed by atoms with Crippen LogP contribution in [0.4, 0.5) is 0 Å². The second-order valence-corrected chi connectivity index (χ2v) is 4.28. The largest absolute Gasteiger partial charge is 0.304 e. The summed E-state index contributed by atoms with van der Waals surface area (Å²) in [5, 5.41) is 3.38. The zero-order valence-electron chi connectivity index (χ0n) is 8.14. The Morgan fingerprint density at radius 1 is 1.38 bits per heavy atom. The Morgan fingerprint density at radius 3 is 2.46 bits per heavy atom. The quantitative estimate of drug-likeness (QED) is 0.706. The molecule has 0 spiro atoms. The summed E-state index contributed by atoms with van der Waals surface area (Å²) in [6.07, 6.45) is 5.86. The summed E-state index contributed by atoms with van der Waals surface area (Å²) >= 11 is 0. The van der Waals surface area contributed by atoms with Crippen LogP contribution in [0.3, 0.4) is 0 Å². The molecule has 76 valence electrons. The summed E-state index contributed by atoms with van der Waals surface area (Å²) < 4.78 is 0. The van der Waals surface area contributed by atoms with E-state index in [2.05, 4.69) is 12.2 Å². The Morgan fingerprint density at radius 2 is 2.00 bits per heavy atom. The molecule has 13 heavy (non-hydrogen) atoms. The van der Waals surface area contributed by atoms with E-state index >= 15 is 0 Å². The van der Waals surface area contributed by atoms with Crippen LogP contribution in [-0.4, -0.2) is 17.9 Å². The second-order valence-electron chi connectivity index (χ2n) is 4.28. The summed E-state index contributed by atoms with van der Waals surface area (Å²) in [5.41, 5.74) is -0.156. The third-order valence-corrected chi connectivity index (χ3v) is 3.60. The van der Waals surface area contributed by atoms with Crippen LogP contribution in [0.5, 0.6) is 0 Å². The molecule has 1 atom stereocenters. The van der Waals surface area contributed by atoms with Crippen molar-refractivity contribution >= 4 is 18.2 Å². The van der Waals surface area contributed by atoms with E-state index in [1.807, 2.05) is 0 Å². The minimum absolute atomic E-state index is 0. The highest BCUT2D eigenvalue weighted by molar-refractivity contribution is 5.90. The molecule has 1 saturated carbocycles. The monoisotopic (exact) mass is 203 g/mol. The number of halogens is 1. The van der Waals surface area contributed by atoms with Crippen LogP contribution in [0.25, 0.3) is 0 Å². The van der Waals surface area contributed by atoms with Crippen molar-refractivity contribution in [2.24, 2.45) is 5.92 Å². The summed E-state index contributed by atoms with van der Waals surface area (Å²) in [5.74, 6) is 1.06. The molecule has 1 aliphatic heterocycles. The first-order valence-electron chi connectivity index (χ1n) is 5.02. The Bertz CT molecular complexity index is 201. The zero-order valence-corrected chi connectivity index (χ0v) is 8.95. The lowest BCUT2D eigenvalue weighted by atomic mass is 9.82. The lowest BCUT2D eigenvalue weighted by Gasteiger charge is -2.29. The highest BCUT2D eigenvalue weighted by atomic mass is 35.5. The lowest BCUT2D eigenvalue weighted by Crippen LogP contribution is -2.48. The van der Waals surface area contributed by atoms with Gasteiger partial charge in [0.2, 0.25) is 0 Å². The summed E-state index contributed by atoms with van der Waals surface area (Å²) in [6, 6.07) is 0. The molecule has 0 amide bonds. The van der Waals surface area contributed by atoms with Crippen LogP contribution >= 0.6 is 12.4 Å². The van der Waals surface area contributed by atoms with Gasteiger partial charge in [0.1, 0.15) is 0 Å². The van der Waals surface area contributed by atoms with Crippen LogP contribution in [0.2, 0.25) is 0 Å². The number of ketones is 1. The Kier molecular flexibility index (Phi) is 3.36. The first-order chi connectivity index (χ1) is 5.73. The van der Waals surface area contributed by atoms with Gasteiger partial charge in [0.25, 0.3) is 0 Å². The summed E-state index contributed by atoms with van der Waals surface area (Å²) in [4.78, 5) is 11.6. The van der Waals surface area contributed by atoms with Gasteiger partial charge in [0, 0.05) is 13.0 Å². The number of hydrogen-bond donors (Lipinski definition) is 1. The van der Waals surface area contributed by atoms with Crippen molar-refractivity contribution in [3.63, 3.8) is 0 Å². The maximum Gasteiger partial charge on any atom is 0.154 e. The van der Waals surface area contributed by atoms with Gasteiger partial charge in [-0.3, -0.25) is 4.79 Å². The fourth-order valence-electron chi connectivity index (χ4n) is 2.67. The molecule has 1 saturated heterocycles. The van der Waals surface area contributed by atoms with E-state index < -0.39 is 0 Å². The molecule has 1 unspecified atom stereocenters. The van der Waals surface area contributed by atoms with Crippen molar-refractivity contribution < 1.29 is 4.79 Å². The summed E-state index contributed by atoms with van der Waals surface area (Å²) in [6.45, 7) is 2.99. The molecule has 3 heteroatoms. The zero-order chi connectivity index (χ0) is 8.60. The van der Waals surface area contributed by atoms with Crippen molar-refractivity contribution in [1.82, 2.24) is 5.32 Å². The molecule has 2 rings (SSSR count). The SMILES string of the molecule is CC1(C2CCCC2)NCCC1=O.Cl. The third-order valence-electron chi connectivity index (χ3n) is 3.60. The van der Waals surface area contributed by atoms with Gasteiger partial charge in [-0.1, -0.05) is 12.8 Å². The van der Waals surface area contributed by atoms with Gasteiger partial charge in [-0.25, -0.2) is 0 Å². The third kappa shape index (κ3) is 1.75. The van der Waals surface area contributed by atoms with E-state index in [4.69, 9.17) is 0 Å². The average Bonchev–Trinajstić information content (AvgIpc) is 2.62. The van der Waals surface area contributed by atoms with Crippen LogP contribution in [0.15, 0.2) is 0 Å². The van der Waals surface area contributed by atoms with E-state index in [0.717, 1.165) is 13.0 Å². The second kappa shape index (κ2) is 3.97. The van der Waals surface area contributed by atoms with Crippen molar-refractivity contribution in [3.05, 3.63) is 0 Å². The molecule has 2 fully saturated rings. The Balaban J connectivity index is 0.000000845. The first-order valence-corrected chi connectivity index (χ1v) is 5.02. The lowest BCUT2D eigenvalue weighted by molar-refractivity contribution is -0.123. The van der Waals surface area contributed by atoms with Gasteiger partial charge >= 0.3 is 0 Å². The smallest absolute Gasteiger partial charge is 0.154 e. The average molecular weight is 204 g/mol. The minimum Gasteiger partial charge on any atom is -0.304 e. The topological polar surface area (TPSA) is 29.1 Å². The van der Waals surface area contributed by atoms with Crippen LogP contribution in [-0.2, 0) is 4.79 Å². The Hall–Kier alpha value is -0.0800. The fraction of sp³-hybridized carbons (Fsp3) is 0.900. The van der Waals surface area contributed by atoms with Crippen molar-refractivity contribution in [1.29, 1.82) is 0 Å². The molecule has 1 aliphatic carbocycles. The number of hydrogen-bond acceptors (Lipinski definition) is 2. The van der Waals surface area contributed by atoms with Crippen LogP contribution < -0.4 is 5.32 Å². The molecule has 2 nitrogen and oxygen atoms in total.